The van der Waals surface area contributed by atoms with Crippen molar-refractivity contribution < 1.29 is 0 Å². The molecule has 0 saturated heterocycles. The summed E-state index contributed by atoms with van der Waals surface area (Å²) >= 11 is 12.5. The quantitative estimate of drug-likeness (QED) is 0.729. The summed E-state index contributed by atoms with van der Waals surface area (Å²) in [6.07, 6.45) is 5.71. The summed E-state index contributed by atoms with van der Waals surface area (Å²) in [6, 6.07) is 11.3. The van der Waals surface area contributed by atoms with Crippen molar-refractivity contribution in [1.82, 2.24) is 15.0 Å². The molecular weight excluding hydrogens is 331 g/mol. The van der Waals surface area contributed by atoms with Crippen LogP contribution in [0.3, 0.4) is 0 Å². The Morgan fingerprint density at radius 1 is 1.04 bits per heavy atom. The maximum atomic E-state index is 6.27. The van der Waals surface area contributed by atoms with Gasteiger partial charge >= 0.3 is 0 Å². The van der Waals surface area contributed by atoms with Gasteiger partial charge in [-0.3, -0.25) is 0 Å². The molecular formula is C17H12Cl2N4. The van der Waals surface area contributed by atoms with E-state index in [1.807, 2.05) is 36.5 Å². The van der Waals surface area contributed by atoms with Gasteiger partial charge in [0, 0.05) is 12.4 Å². The highest BCUT2D eigenvalue weighted by Crippen LogP contribution is 2.34. The Balaban J connectivity index is 1.71. The Bertz CT molecular complexity index is 867. The minimum atomic E-state index is 0.578. The lowest BCUT2D eigenvalue weighted by atomic mass is 10.2. The lowest BCUT2D eigenvalue weighted by Gasteiger charge is -2.21. The molecule has 1 aliphatic heterocycles. The van der Waals surface area contributed by atoms with Gasteiger partial charge in [0.05, 0.1) is 33.5 Å². The van der Waals surface area contributed by atoms with Crippen LogP contribution in [0.4, 0.5) is 5.82 Å². The van der Waals surface area contributed by atoms with Crippen LogP contribution in [0, 0.1) is 0 Å². The summed E-state index contributed by atoms with van der Waals surface area (Å²) in [4.78, 5) is 14.4. The Labute approximate surface area is 143 Å². The van der Waals surface area contributed by atoms with Gasteiger partial charge in [-0.15, -0.1) is 0 Å². The highest BCUT2D eigenvalue weighted by Gasteiger charge is 2.19. The third-order valence-electron chi connectivity index (χ3n) is 3.69. The number of aromatic nitrogens is 3. The standard InChI is InChI=1S/C17H12Cl2N4/c18-11-4-3-5-12(19)16(11)17-21-13-7-9-23(10-14(13)22-17)15-6-1-2-8-20-15/h1-9H,10H2,(H,21,22). The van der Waals surface area contributed by atoms with Crippen LogP contribution in [0.25, 0.3) is 17.5 Å². The lowest BCUT2D eigenvalue weighted by molar-refractivity contribution is 0.899. The number of rotatable bonds is 2. The number of nitrogens with zero attached hydrogens (tertiary/aromatic N) is 3. The normalized spacial score (nSPS) is 13.2. The Hall–Kier alpha value is -2.30. The first-order chi connectivity index (χ1) is 11.2. The topological polar surface area (TPSA) is 44.8 Å². The molecule has 1 aliphatic rings. The van der Waals surface area contributed by atoms with Crippen molar-refractivity contribution in [2.45, 2.75) is 6.54 Å². The summed E-state index contributed by atoms with van der Waals surface area (Å²) in [5, 5.41) is 1.16. The van der Waals surface area contributed by atoms with Crippen LogP contribution in [0.5, 0.6) is 0 Å². The van der Waals surface area contributed by atoms with Crippen LogP contribution in [-0.2, 0) is 6.54 Å². The number of anilines is 1. The Kier molecular flexibility index (Phi) is 3.56. The summed E-state index contributed by atoms with van der Waals surface area (Å²) in [5.74, 6) is 1.57. The van der Waals surface area contributed by atoms with Gasteiger partial charge in [0.15, 0.2) is 0 Å². The van der Waals surface area contributed by atoms with Gasteiger partial charge in [0.25, 0.3) is 0 Å². The fraction of sp³-hybridized carbons (Fsp3) is 0.0588. The maximum Gasteiger partial charge on any atom is 0.141 e. The molecule has 6 heteroatoms. The number of fused-ring (bicyclic) bond motifs is 1. The highest BCUT2D eigenvalue weighted by molar-refractivity contribution is 6.39. The number of halogens is 2. The van der Waals surface area contributed by atoms with E-state index < -0.39 is 0 Å². The highest BCUT2D eigenvalue weighted by atomic mass is 35.5. The molecule has 4 rings (SSSR count). The molecule has 0 radical (unpaired) electrons. The summed E-state index contributed by atoms with van der Waals surface area (Å²) in [6.45, 7) is 0.665. The van der Waals surface area contributed by atoms with E-state index in [2.05, 4.69) is 19.9 Å². The first-order valence-corrected chi connectivity index (χ1v) is 7.87. The Morgan fingerprint density at radius 2 is 1.87 bits per heavy atom. The second-order valence-corrected chi connectivity index (χ2v) is 5.99. The predicted molar refractivity (Wildman–Crippen MR) is 93.5 cm³/mol. The number of H-pyrrole nitrogens is 1. The van der Waals surface area contributed by atoms with Crippen molar-refractivity contribution in [3.8, 4) is 11.4 Å². The minimum absolute atomic E-state index is 0.578. The van der Waals surface area contributed by atoms with E-state index in [1.165, 1.54) is 0 Å². The van der Waals surface area contributed by atoms with E-state index >= 15 is 0 Å². The van der Waals surface area contributed by atoms with Crippen molar-refractivity contribution >= 4 is 35.1 Å². The Morgan fingerprint density at radius 3 is 2.61 bits per heavy atom. The maximum absolute atomic E-state index is 6.27. The zero-order valence-electron chi connectivity index (χ0n) is 12.0. The summed E-state index contributed by atoms with van der Waals surface area (Å²) in [7, 11) is 0. The van der Waals surface area contributed by atoms with Gasteiger partial charge in [-0.25, -0.2) is 9.97 Å². The molecule has 0 atom stereocenters. The van der Waals surface area contributed by atoms with Crippen molar-refractivity contribution in [2.75, 3.05) is 4.90 Å². The van der Waals surface area contributed by atoms with Gasteiger partial charge < -0.3 is 9.88 Å². The molecule has 1 N–H and O–H groups in total. The third kappa shape index (κ3) is 2.60. The fourth-order valence-corrected chi connectivity index (χ4v) is 3.16. The van der Waals surface area contributed by atoms with Crippen LogP contribution in [-0.4, -0.2) is 15.0 Å². The van der Waals surface area contributed by atoms with Gasteiger partial charge in [0.2, 0.25) is 0 Å². The molecule has 0 aliphatic carbocycles. The first kappa shape index (κ1) is 14.3. The van der Waals surface area contributed by atoms with Gasteiger partial charge in [-0.2, -0.15) is 0 Å². The van der Waals surface area contributed by atoms with Crippen molar-refractivity contribution in [2.24, 2.45) is 0 Å². The number of aromatic amines is 1. The molecule has 3 heterocycles. The van der Waals surface area contributed by atoms with Crippen molar-refractivity contribution in [1.29, 1.82) is 0 Å². The smallest absolute Gasteiger partial charge is 0.141 e. The van der Waals surface area contributed by atoms with E-state index in [0.29, 0.717) is 22.4 Å². The molecule has 0 spiro atoms. The minimum Gasteiger partial charge on any atom is -0.340 e. The zero-order chi connectivity index (χ0) is 15.8. The molecule has 0 amide bonds. The summed E-state index contributed by atoms with van der Waals surface area (Å²) in [5.41, 5.74) is 2.62. The second-order valence-electron chi connectivity index (χ2n) is 5.18. The largest absolute Gasteiger partial charge is 0.340 e. The molecule has 3 aromatic rings. The van der Waals surface area contributed by atoms with E-state index in [4.69, 9.17) is 23.2 Å². The molecule has 4 nitrogen and oxygen atoms in total. The van der Waals surface area contributed by atoms with Crippen LogP contribution < -0.4 is 4.90 Å². The van der Waals surface area contributed by atoms with Crippen LogP contribution in [0.1, 0.15) is 11.4 Å². The number of hydrogen-bond acceptors (Lipinski definition) is 3. The number of benzene rings is 1. The number of hydrogen-bond donors (Lipinski definition) is 1. The van der Waals surface area contributed by atoms with Crippen LogP contribution >= 0.6 is 23.2 Å². The SMILES string of the molecule is Clc1cccc(Cl)c1-c1nc2c([nH]1)CN(c1ccccn1)C=C2. The molecule has 0 fully saturated rings. The van der Waals surface area contributed by atoms with E-state index in [-0.39, 0.29) is 0 Å². The monoisotopic (exact) mass is 342 g/mol. The number of pyridine rings is 1. The average Bonchev–Trinajstić information content (AvgIpc) is 2.98. The number of imidazole rings is 1. The summed E-state index contributed by atoms with van der Waals surface area (Å²) < 4.78 is 0. The first-order valence-electron chi connectivity index (χ1n) is 7.11. The molecule has 0 bridgehead atoms. The molecule has 1 aromatic carbocycles. The molecule has 0 saturated carbocycles. The molecule has 2 aromatic heterocycles. The fourth-order valence-electron chi connectivity index (χ4n) is 2.59. The molecule has 114 valence electrons. The zero-order valence-corrected chi connectivity index (χ0v) is 13.5. The third-order valence-corrected chi connectivity index (χ3v) is 4.32. The number of nitrogens with one attached hydrogen (secondary N) is 1. The second kappa shape index (κ2) is 5.72. The lowest BCUT2D eigenvalue weighted by Crippen LogP contribution is -2.19. The van der Waals surface area contributed by atoms with Gasteiger partial charge in [-0.1, -0.05) is 35.3 Å². The molecule has 23 heavy (non-hydrogen) atoms. The van der Waals surface area contributed by atoms with Crippen molar-refractivity contribution in [3.05, 3.63) is 70.2 Å². The van der Waals surface area contributed by atoms with Crippen LogP contribution in [0.15, 0.2) is 48.8 Å². The van der Waals surface area contributed by atoms with E-state index in [1.54, 1.807) is 18.3 Å². The van der Waals surface area contributed by atoms with Crippen LogP contribution in [0.2, 0.25) is 10.0 Å². The average molecular weight is 343 g/mol. The van der Waals surface area contributed by atoms with Gasteiger partial charge in [0.1, 0.15) is 11.6 Å². The van der Waals surface area contributed by atoms with Gasteiger partial charge in [-0.05, 0) is 30.3 Å². The van der Waals surface area contributed by atoms with E-state index in [0.717, 1.165) is 22.8 Å². The predicted octanol–water partition coefficient (Wildman–Crippen LogP) is 4.77. The van der Waals surface area contributed by atoms with E-state index in [9.17, 15) is 0 Å². The molecule has 0 unspecified atom stereocenters. The van der Waals surface area contributed by atoms with Crippen molar-refractivity contribution in [3.63, 3.8) is 0 Å².